The maximum atomic E-state index is 12.2. The third kappa shape index (κ3) is 9.97. The first-order chi connectivity index (χ1) is 13.6. The van der Waals surface area contributed by atoms with Crippen molar-refractivity contribution in [1.29, 1.82) is 0 Å². The first kappa shape index (κ1) is 25.9. The lowest BCUT2D eigenvalue weighted by molar-refractivity contribution is -0.125. The Kier molecular flexibility index (Phi) is 11.2. The molecule has 0 atom stereocenters. The molecule has 1 fully saturated rings. The van der Waals surface area contributed by atoms with Crippen LogP contribution in [0.15, 0.2) is 0 Å². The van der Waals surface area contributed by atoms with Crippen molar-refractivity contribution in [1.82, 2.24) is 9.80 Å². The fraction of sp³-hybridized carbons (Fsp3) is 0.917. The van der Waals surface area contributed by atoms with E-state index in [9.17, 15) is 9.59 Å². The normalized spacial score (nSPS) is 15.7. The van der Waals surface area contributed by atoms with Gasteiger partial charge in [-0.1, -0.05) is 53.9 Å². The number of hydrogen-bond acceptors (Lipinski definition) is 3. The number of unbranched alkanes of at least 4 members (excludes halogenated alkanes) is 2. The highest BCUT2D eigenvalue weighted by Crippen LogP contribution is 2.29. The van der Waals surface area contributed by atoms with Crippen molar-refractivity contribution in [2.24, 2.45) is 10.8 Å². The molecule has 0 radical (unpaired) electrons. The van der Waals surface area contributed by atoms with Crippen molar-refractivity contribution in [2.75, 3.05) is 32.8 Å². The van der Waals surface area contributed by atoms with E-state index in [0.717, 1.165) is 45.3 Å². The fourth-order valence-corrected chi connectivity index (χ4v) is 4.12. The van der Waals surface area contributed by atoms with Gasteiger partial charge in [-0.2, -0.15) is 0 Å². The summed E-state index contributed by atoms with van der Waals surface area (Å²) in [5, 5.41) is 0. The number of ether oxygens (including phenoxy) is 1. The number of rotatable bonds is 16. The van der Waals surface area contributed by atoms with Crippen LogP contribution in [0.5, 0.6) is 0 Å². The van der Waals surface area contributed by atoms with Crippen molar-refractivity contribution in [3.8, 4) is 0 Å². The summed E-state index contributed by atoms with van der Waals surface area (Å²) in [6.45, 7) is 16.5. The van der Waals surface area contributed by atoms with E-state index < -0.39 is 0 Å². The SMILES string of the molecule is CCCC(C)(C)CCCCOCCCCC(C)(C)CCN1C(=O)CN(CC)C1=O. The minimum absolute atomic E-state index is 0.0564. The molecule has 0 N–H and O–H groups in total. The molecule has 1 rings (SSSR count). The predicted molar refractivity (Wildman–Crippen MR) is 120 cm³/mol. The van der Waals surface area contributed by atoms with E-state index in [1.807, 2.05) is 6.92 Å². The zero-order valence-electron chi connectivity index (χ0n) is 20.0. The smallest absolute Gasteiger partial charge is 0.327 e. The molecular weight excluding hydrogens is 364 g/mol. The largest absolute Gasteiger partial charge is 0.381 e. The monoisotopic (exact) mass is 410 g/mol. The molecule has 3 amide bonds. The van der Waals surface area contributed by atoms with E-state index in [0.29, 0.717) is 18.5 Å². The number of imide groups is 1. The van der Waals surface area contributed by atoms with Gasteiger partial charge in [-0.3, -0.25) is 9.69 Å². The van der Waals surface area contributed by atoms with E-state index in [1.54, 1.807) is 4.90 Å². The molecular formula is C24H46N2O3. The Morgan fingerprint density at radius 1 is 0.828 bits per heavy atom. The van der Waals surface area contributed by atoms with Crippen LogP contribution in [-0.2, 0) is 9.53 Å². The Labute approximate surface area is 179 Å². The van der Waals surface area contributed by atoms with Crippen LogP contribution in [0.25, 0.3) is 0 Å². The lowest BCUT2D eigenvalue weighted by atomic mass is 9.83. The second-order valence-electron chi connectivity index (χ2n) is 10.2. The van der Waals surface area contributed by atoms with Crippen molar-refractivity contribution in [3.05, 3.63) is 0 Å². The summed E-state index contributed by atoms with van der Waals surface area (Å²) in [7, 11) is 0. The Balaban J connectivity index is 2.09. The van der Waals surface area contributed by atoms with Gasteiger partial charge >= 0.3 is 6.03 Å². The lowest BCUT2D eigenvalue weighted by Crippen LogP contribution is -2.35. The minimum Gasteiger partial charge on any atom is -0.381 e. The molecule has 5 nitrogen and oxygen atoms in total. The van der Waals surface area contributed by atoms with Crippen LogP contribution < -0.4 is 0 Å². The Morgan fingerprint density at radius 2 is 1.38 bits per heavy atom. The molecule has 0 saturated carbocycles. The van der Waals surface area contributed by atoms with Gasteiger partial charge in [-0.05, 0) is 56.3 Å². The predicted octanol–water partition coefficient (Wildman–Crippen LogP) is 5.87. The molecule has 1 aliphatic rings. The summed E-state index contributed by atoms with van der Waals surface area (Å²) in [5.41, 5.74) is 0.602. The molecule has 0 aromatic rings. The average Bonchev–Trinajstić information content (AvgIpc) is 2.91. The second kappa shape index (κ2) is 12.6. The number of nitrogens with zero attached hydrogens (tertiary/aromatic N) is 2. The summed E-state index contributed by atoms with van der Waals surface area (Å²) in [4.78, 5) is 27.2. The van der Waals surface area contributed by atoms with Crippen molar-refractivity contribution < 1.29 is 14.3 Å². The molecule has 0 aromatic carbocycles. The number of hydrogen-bond donors (Lipinski definition) is 0. The van der Waals surface area contributed by atoms with E-state index in [1.165, 1.54) is 30.6 Å². The van der Waals surface area contributed by atoms with E-state index in [4.69, 9.17) is 4.74 Å². The van der Waals surface area contributed by atoms with Crippen LogP contribution >= 0.6 is 0 Å². The van der Waals surface area contributed by atoms with Crippen LogP contribution in [-0.4, -0.2) is 54.6 Å². The second-order valence-corrected chi connectivity index (χ2v) is 10.2. The number of urea groups is 1. The molecule has 170 valence electrons. The van der Waals surface area contributed by atoms with E-state index in [2.05, 4.69) is 34.6 Å². The van der Waals surface area contributed by atoms with Crippen LogP contribution in [0.3, 0.4) is 0 Å². The number of carbonyl (C=O) groups is 2. The van der Waals surface area contributed by atoms with Crippen LogP contribution in [0.2, 0.25) is 0 Å². The highest BCUT2D eigenvalue weighted by Gasteiger charge is 2.35. The zero-order chi connectivity index (χ0) is 21.9. The molecule has 1 aliphatic heterocycles. The Bertz CT molecular complexity index is 502. The molecule has 0 spiro atoms. The van der Waals surface area contributed by atoms with Gasteiger partial charge in [0.2, 0.25) is 5.91 Å². The van der Waals surface area contributed by atoms with Gasteiger partial charge in [-0.25, -0.2) is 4.79 Å². The molecule has 1 heterocycles. The summed E-state index contributed by atoms with van der Waals surface area (Å²) in [6, 6.07) is -0.125. The van der Waals surface area contributed by atoms with Crippen LogP contribution in [0.4, 0.5) is 4.79 Å². The van der Waals surface area contributed by atoms with Crippen molar-refractivity contribution in [3.63, 3.8) is 0 Å². The summed E-state index contributed by atoms with van der Waals surface area (Å²) in [5.74, 6) is -0.0564. The third-order valence-corrected chi connectivity index (χ3v) is 6.23. The highest BCUT2D eigenvalue weighted by molar-refractivity contribution is 6.01. The summed E-state index contributed by atoms with van der Waals surface area (Å²) in [6.07, 6.45) is 10.4. The van der Waals surface area contributed by atoms with Crippen LogP contribution in [0.1, 0.15) is 99.3 Å². The zero-order valence-corrected chi connectivity index (χ0v) is 20.0. The average molecular weight is 411 g/mol. The van der Waals surface area contributed by atoms with Gasteiger partial charge < -0.3 is 9.64 Å². The molecule has 0 bridgehead atoms. The van der Waals surface area contributed by atoms with E-state index in [-0.39, 0.29) is 23.9 Å². The van der Waals surface area contributed by atoms with E-state index >= 15 is 0 Å². The minimum atomic E-state index is -0.125. The highest BCUT2D eigenvalue weighted by atomic mass is 16.5. The number of likely N-dealkylation sites (N-methyl/N-ethyl adjacent to an activating group) is 1. The molecule has 0 aromatic heterocycles. The number of carbonyl (C=O) groups excluding carboxylic acids is 2. The first-order valence-corrected chi connectivity index (χ1v) is 11.8. The maximum absolute atomic E-state index is 12.2. The van der Waals surface area contributed by atoms with Gasteiger partial charge in [0.25, 0.3) is 0 Å². The third-order valence-electron chi connectivity index (χ3n) is 6.23. The van der Waals surface area contributed by atoms with Crippen molar-refractivity contribution >= 4 is 11.9 Å². The van der Waals surface area contributed by atoms with Gasteiger partial charge in [0, 0.05) is 26.3 Å². The first-order valence-electron chi connectivity index (χ1n) is 11.8. The number of amides is 3. The molecule has 0 unspecified atom stereocenters. The summed E-state index contributed by atoms with van der Waals surface area (Å²) < 4.78 is 5.81. The Hall–Kier alpha value is -1.10. The van der Waals surface area contributed by atoms with Gasteiger partial charge in [0.1, 0.15) is 6.54 Å². The summed E-state index contributed by atoms with van der Waals surface area (Å²) >= 11 is 0. The maximum Gasteiger partial charge on any atom is 0.327 e. The Morgan fingerprint density at radius 3 is 1.86 bits per heavy atom. The molecule has 29 heavy (non-hydrogen) atoms. The van der Waals surface area contributed by atoms with Crippen LogP contribution in [0, 0.1) is 10.8 Å². The molecule has 5 heteroatoms. The molecule has 1 saturated heterocycles. The van der Waals surface area contributed by atoms with Gasteiger partial charge in [-0.15, -0.1) is 0 Å². The van der Waals surface area contributed by atoms with Gasteiger partial charge in [0.15, 0.2) is 0 Å². The molecule has 0 aliphatic carbocycles. The van der Waals surface area contributed by atoms with Gasteiger partial charge in [0.05, 0.1) is 0 Å². The van der Waals surface area contributed by atoms with Crippen molar-refractivity contribution in [2.45, 2.75) is 99.3 Å². The quantitative estimate of drug-likeness (QED) is 0.236. The standard InChI is InChI=1S/C24H46N2O3/c1-7-13-23(3,4)14-9-11-18-29-19-12-10-15-24(5,6)16-17-26-21(27)20-25(8-2)22(26)28/h7-20H2,1-6H3. The lowest BCUT2D eigenvalue weighted by Gasteiger charge is -2.27. The fourth-order valence-electron chi connectivity index (χ4n) is 4.12. The topological polar surface area (TPSA) is 49.9 Å².